The Morgan fingerprint density at radius 2 is 1.88 bits per heavy atom. The highest BCUT2D eigenvalue weighted by Crippen LogP contribution is 2.29. The molecule has 5 heteroatoms. The lowest BCUT2D eigenvalue weighted by molar-refractivity contribution is 0.0223. The molecule has 0 bridgehead atoms. The van der Waals surface area contributed by atoms with Gasteiger partial charge in [-0.25, -0.2) is 4.79 Å². The van der Waals surface area contributed by atoms with E-state index >= 15 is 0 Å². The molecule has 0 atom stereocenters. The van der Waals surface area contributed by atoms with Crippen molar-refractivity contribution < 1.29 is 14.3 Å². The number of amides is 1. The third-order valence-corrected chi connectivity index (χ3v) is 4.55. The summed E-state index contributed by atoms with van der Waals surface area (Å²) in [7, 11) is 1.71. The summed E-state index contributed by atoms with van der Waals surface area (Å²) in [5.41, 5.74) is 3.21. The van der Waals surface area contributed by atoms with E-state index in [1.54, 1.807) is 12.0 Å². The van der Waals surface area contributed by atoms with Crippen molar-refractivity contribution in [3.05, 3.63) is 28.8 Å². The van der Waals surface area contributed by atoms with Crippen molar-refractivity contribution in [2.24, 2.45) is 0 Å². The summed E-state index contributed by atoms with van der Waals surface area (Å²) in [4.78, 5) is 16.5. The van der Waals surface area contributed by atoms with E-state index in [2.05, 4.69) is 30.9 Å². The number of hydrogen-bond acceptors (Lipinski definition) is 4. The number of benzene rings is 1. The molecule has 2 rings (SSSR count). The number of ether oxygens (including phenoxy) is 2. The van der Waals surface area contributed by atoms with Crippen molar-refractivity contribution in [2.45, 2.75) is 59.7 Å². The Balaban J connectivity index is 2.19. The number of nitrogens with zero attached hydrogens (tertiary/aromatic N) is 2. The normalized spacial score (nSPS) is 14.4. The number of rotatable bonds is 5. The van der Waals surface area contributed by atoms with Gasteiger partial charge in [-0.1, -0.05) is 19.9 Å². The van der Waals surface area contributed by atoms with Crippen LogP contribution in [0, 0.1) is 0 Å². The lowest BCUT2D eigenvalue weighted by Crippen LogP contribution is -2.40. The molecular weight excluding hydrogens is 316 g/mol. The van der Waals surface area contributed by atoms with E-state index in [-0.39, 0.29) is 6.09 Å². The minimum atomic E-state index is -0.470. The lowest BCUT2D eigenvalue weighted by Gasteiger charge is -2.32. The fourth-order valence-electron chi connectivity index (χ4n) is 3.12. The Kier molecular flexibility index (Phi) is 6.33. The second-order valence-electron chi connectivity index (χ2n) is 7.55. The Morgan fingerprint density at radius 1 is 1.20 bits per heavy atom. The second kappa shape index (κ2) is 8.09. The van der Waals surface area contributed by atoms with E-state index < -0.39 is 5.60 Å². The molecule has 1 aliphatic rings. The van der Waals surface area contributed by atoms with E-state index in [1.807, 2.05) is 20.8 Å². The molecule has 0 radical (unpaired) electrons. The highest BCUT2D eigenvalue weighted by Gasteiger charge is 2.26. The van der Waals surface area contributed by atoms with Crippen molar-refractivity contribution in [1.29, 1.82) is 0 Å². The number of carbonyl (C=O) groups excluding carboxylic acids is 1. The topological polar surface area (TPSA) is 42.0 Å². The zero-order valence-corrected chi connectivity index (χ0v) is 16.5. The largest absolute Gasteiger partial charge is 0.496 e. The van der Waals surface area contributed by atoms with Gasteiger partial charge < -0.3 is 14.4 Å². The van der Waals surface area contributed by atoms with Crippen LogP contribution in [0.25, 0.3) is 0 Å². The van der Waals surface area contributed by atoms with Gasteiger partial charge in [0.15, 0.2) is 0 Å². The third-order valence-electron chi connectivity index (χ3n) is 4.55. The number of fused-ring (bicyclic) bond motifs is 1. The fraction of sp³-hybridized carbons (Fsp3) is 0.650. The number of methoxy groups -OCH3 is 1. The molecule has 1 heterocycles. The van der Waals surface area contributed by atoms with Crippen molar-refractivity contribution in [2.75, 3.05) is 26.7 Å². The van der Waals surface area contributed by atoms with E-state index in [4.69, 9.17) is 9.47 Å². The Hall–Kier alpha value is -1.75. The molecule has 5 nitrogen and oxygen atoms in total. The Labute approximate surface area is 151 Å². The summed E-state index contributed by atoms with van der Waals surface area (Å²) in [5, 5.41) is 0. The predicted octanol–water partition coefficient (Wildman–Crippen LogP) is 3.83. The first-order valence-corrected chi connectivity index (χ1v) is 9.16. The standard InChI is InChI=1S/C20H32N2O3/c1-7-21(8-2)13-17-11-15-9-10-22(19(23)25-20(3,4)5)14-16(15)12-18(17)24-6/h11-12H,7-10,13-14H2,1-6H3. The van der Waals surface area contributed by atoms with Crippen LogP contribution in [-0.4, -0.2) is 48.2 Å². The molecule has 0 aromatic heterocycles. The van der Waals surface area contributed by atoms with Crippen LogP contribution in [0.15, 0.2) is 12.1 Å². The molecule has 0 spiro atoms. The van der Waals surface area contributed by atoms with Gasteiger partial charge in [-0.15, -0.1) is 0 Å². The number of hydrogen-bond donors (Lipinski definition) is 0. The van der Waals surface area contributed by atoms with Crippen molar-refractivity contribution >= 4 is 6.09 Å². The average Bonchev–Trinajstić information content (AvgIpc) is 2.56. The van der Waals surface area contributed by atoms with Crippen LogP contribution in [0.4, 0.5) is 4.79 Å². The maximum Gasteiger partial charge on any atom is 0.410 e. The van der Waals surface area contributed by atoms with Crippen LogP contribution >= 0.6 is 0 Å². The molecule has 1 aromatic carbocycles. The lowest BCUT2D eigenvalue weighted by atomic mass is 9.96. The molecular formula is C20H32N2O3. The minimum Gasteiger partial charge on any atom is -0.496 e. The molecule has 1 amide bonds. The van der Waals surface area contributed by atoms with Crippen molar-refractivity contribution in [3.63, 3.8) is 0 Å². The molecule has 0 saturated carbocycles. The van der Waals surface area contributed by atoms with Gasteiger partial charge in [0, 0.05) is 25.2 Å². The molecule has 0 saturated heterocycles. The molecule has 140 valence electrons. The van der Waals surface area contributed by atoms with E-state index in [0.717, 1.165) is 37.4 Å². The van der Waals surface area contributed by atoms with Crippen LogP contribution in [0.2, 0.25) is 0 Å². The summed E-state index contributed by atoms with van der Waals surface area (Å²) in [6.45, 7) is 14.2. The number of carbonyl (C=O) groups is 1. The van der Waals surface area contributed by atoms with E-state index in [0.29, 0.717) is 13.1 Å². The van der Waals surface area contributed by atoms with Crippen LogP contribution in [-0.2, 0) is 24.2 Å². The van der Waals surface area contributed by atoms with Crippen molar-refractivity contribution in [1.82, 2.24) is 9.80 Å². The second-order valence-corrected chi connectivity index (χ2v) is 7.55. The zero-order valence-electron chi connectivity index (χ0n) is 16.5. The molecule has 25 heavy (non-hydrogen) atoms. The Morgan fingerprint density at radius 3 is 2.44 bits per heavy atom. The van der Waals surface area contributed by atoms with E-state index in [9.17, 15) is 4.79 Å². The van der Waals surface area contributed by atoms with E-state index in [1.165, 1.54) is 11.1 Å². The van der Waals surface area contributed by atoms with Gasteiger partial charge in [0.05, 0.1) is 7.11 Å². The van der Waals surface area contributed by atoms with Crippen LogP contribution in [0.5, 0.6) is 5.75 Å². The zero-order chi connectivity index (χ0) is 18.6. The summed E-state index contributed by atoms with van der Waals surface area (Å²) in [5.74, 6) is 0.900. The highest BCUT2D eigenvalue weighted by molar-refractivity contribution is 5.68. The minimum absolute atomic E-state index is 0.246. The molecule has 0 N–H and O–H groups in total. The molecule has 0 aliphatic carbocycles. The predicted molar refractivity (Wildman–Crippen MR) is 100.0 cm³/mol. The third kappa shape index (κ3) is 5.11. The van der Waals surface area contributed by atoms with Gasteiger partial charge >= 0.3 is 6.09 Å². The van der Waals surface area contributed by atoms with Gasteiger partial charge in [0.1, 0.15) is 11.4 Å². The van der Waals surface area contributed by atoms with Gasteiger partial charge in [0.25, 0.3) is 0 Å². The van der Waals surface area contributed by atoms with Crippen LogP contribution in [0.1, 0.15) is 51.3 Å². The summed E-state index contributed by atoms with van der Waals surface area (Å²) in [6.07, 6.45) is 0.605. The fourth-order valence-corrected chi connectivity index (χ4v) is 3.12. The average molecular weight is 348 g/mol. The molecule has 0 fully saturated rings. The molecule has 1 aliphatic heterocycles. The van der Waals surface area contributed by atoms with Crippen LogP contribution in [0.3, 0.4) is 0 Å². The molecule has 1 aromatic rings. The quantitative estimate of drug-likeness (QED) is 0.811. The smallest absolute Gasteiger partial charge is 0.410 e. The van der Waals surface area contributed by atoms with Gasteiger partial charge in [-0.2, -0.15) is 0 Å². The van der Waals surface area contributed by atoms with Crippen molar-refractivity contribution in [3.8, 4) is 5.75 Å². The Bertz CT molecular complexity index is 604. The van der Waals surface area contributed by atoms with Crippen LogP contribution < -0.4 is 4.74 Å². The van der Waals surface area contributed by atoms with Gasteiger partial charge in [-0.05, 0) is 57.5 Å². The SMILES string of the molecule is CCN(CC)Cc1cc2c(cc1OC)CN(C(=O)OC(C)(C)C)CC2. The summed E-state index contributed by atoms with van der Waals surface area (Å²) >= 11 is 0. The first-order chi connectivity index (χ1) is 11.8. The monoisotopic (exact) mass is 348 g/mol. The summed E-state index contributed by atoms with van der Waals surface area (Å²) in [6, 6.07) is 4.34. The molecule has 0 unspecified atom stereocenters. The summed E-state index contributed by atoms with van der Waals surface area (Å²) < 4.78 is 11.1. The maximum absolute atomic E-state index is 12.3. The first-order valence-electron chi connectivity index (χ1n) is 9.16. The van der Waals surface area contributed by atoms with Gasteiger partial charge in [-0.3, -0.25) is 4.90 Å². The van der Waals surface area contributed by atoms with Gasteiger partial charge in [0.2, 0.25) is 0 Å². The maximum atomic E-state index is 12.3. The highest BCUT2D eigenvalue weighted by atomic mass is 16.6. The first kappa shape index (κ1) is 19.6.